The maximum absolute atomic E-state index is 9.92. The molecule has 0 aliphatic heterocycles. The number of rotatable bonds is 1. The van der Waals surface area contributed by atoms with E-state index in [2.05, 4.69) is 0 Å². The average molecular weight is 111 g/mol. The first-order valence-electron chi connectivity index (χ1n) is 1.94. The van der Waals surface area contributed by atoms with Crippen molar-refractivity contribution in [3.63, 3.8) is 0 Å². The SMILES string of the molecule is CC(C)C(N)=O.[NaH]. The molecule has 0 saturated carbocycles. The van der Waals surface area contributed by atoms with Crippen LogP contribution in [0.15, 0.2) is 0 Å². The molecule has 0 bridgehead atoms. The zero-order chi connectivity index (χ0) is 5.15. The molecule has 0 aromatic rings. The number of hydrogen-bond acceptors (Lipinski definition) is 1. The Labute approximate surface area is 65.7 Å². The van der Waals surface area contributed by atoms with Gasteiger partial charge in [0, 0.05) is 5.92 Å². The van der Waals surface area contributed by atoms with Crippen LogP contribution in [0.25, 0.3) is 0 Å². The van der Waals surface area contributed by atoms with Gasteiger partial charge in [0.25, 0.3) is 0 Å². The summed E-state index contributed by atoms with van der Waals surface area (Å²) in [5.74, 6) is -0.250. The van der Waals surface area contributed by atoms with E-state index in [9.17, 15) is 4.79 Å². The van der Waals surface area contributed by atoms with Gasteiger partial charge in [-0.2, -0.15) is 0 Å². The second-order valence-corrected chi connectivity index (χ2v) is 1.56. The van der Waals surface area contributed by atoms with E-state index in [1.165, 1.54) is 0 Å². The van der Waals surface area contributed by atoms with Gasteiger partial charge in [-0.05, 0) is 0 Å². The van der Waals surface area contributed by atoms with E-state index in [-0.39, 0.29) is 41.4 Å². The molecule has 7 heavy (non-hydrogen) atoms. The number of hydrogen-bond donors (Lipinski definition) is 1. The predicted molar refractivity (Wildman–Crippen MR) is 31.2 cm³/mol. The van der Waals surface area contributed by atoms with Crippen LogP contribution < -0.4 is 5.73 Å². The summed E-state index contributed by atoms with van der Waals surface area (Å²) in [5.41, 5.74) is 4.80. The van der Waals surface area contributed by atoms with E-state index in [1.54, 1.807) is 13.8 Å². The summed E-state index contributed by atoms with van der Waals surface area (Å²) >= 11 is 0. The normalized spacial score (nSPS) is 7.86. The molecule has 0 rings (SSSR count). The molecule has 0 fully saturated rings. The van der Waals surface area contributed by atoms with Crippen LogP contribution in [-0.2, 0) is 4.79 Å². The molecular weight excluding hydrogens is 101 g/mol. The quantitative estimate of drug-likeness (QED) is 0.454. The minimum absolute atomic E-state index is 0. The Morgan fingerprint density at radius 1 is 1.57 bits per heavy atom. The monoisotopic (exact) mass is 111 g/mol. The summed E-state index contributed by atoms with van der Waals surface area (Å²) in [4.78, 5) is 9.92. The Kier molecular flexibility index (Phi) is 6.90. The Hall–Kier alpha value is 0.470. The fraction of sp³-hybridized carbons (Fsp3) is 0.750. The van der Waals surface area contributed by atoms with Crippen molar-refractivity contribution in [3.8, 4) is 0 Å². The average Bonchev–Trinajstić information content (AvgIpc) is 1.36. The number of primary amides is 1. The van der Waals surface area contributed by atoms with E-state index < -0.39 is 0 Å². The van der Waals surface area contributed by atoms with Crippen molar-refractivity contribution in [1.82, 2.24) is 0 Å². The standard InChI is InChI=1S/C4H9NO.Na.H/c1-3(2)4(5)6;;/h3H,1-2H3,(H2,5,6);;. The second-order valence-electron chi connectivity index (χ2n) is 1.56. The molecule has 2 nitrogen and oxygen atoms in total. The molecule has 0 aliphatic carbocycles. The molecule has 0 heterocycles. The first-order valence-corrected chi connectivity index (χ1v) is 1.94. The van der Waals surface area contributed by atoms with Crippen LogP contribution in [0.4, 0.5) is 0 Å². The molecule has 0 radical (unpaired) electrons. The molecule has 0 atom stereocenters. The van der Waals surface area contributed by atoms with Crippen LogP contribution >= 0.6 is 0 Å². The van der Waals surface area contributed by atoms with Gasteiger partial charge in [0.05, 0.1) is 0 Å². The van der Waals surface area contributed by atoms with Gasteiger partial charge in [0.15, 0.2) is 0 Å². The van der Waals surface area contributed by atoms with Crippen LogP contribution in [0.3, 0.4) is 0 Å². The van der Waals surface area contributed by atoms with Crippen molar-refractivity contribution in [3.05, 3.63) is 0 Å². The molecule has 0 saturated heterocycles. The third-order valence-corrected chi connectivity index (χ3v) is 0.569. The van der Waals surface area contributed by atoms with Crippen molar-refractivity contribution in [1.29, 1.82) is 0 Å². The molecule has 0 spiro atoms. The number of amides is 1. The number of carbonyl (C=O) groups is 1. The second kappa shape index (κ2) is 4.62. The van der Waals surface area contributed by atoms with Crippen LogP contribution in [0.5, 0.6) is 0 Å². The molecule has 0 unspecified atom stereocenters. The topological polar surface area (TPSA) is 43.1 Å². The van der Waals surface area contributed by atoms with E-state index in [1.807, 2.05) is 0 Å². The van der Waals surface area contributed by atoms with Gasteiger partial charge in [-0.1, -0.05) is 13.8 Å². The Balaban J connectivity index is 0. The van der Waals surface area contributed by atoms with E-state index in [4.69, 9.17) is 5.73 Å². The molecule has 1 amide bonds. The van der Waals surface area contributed by atoms with Gasteiger partial charge in [-0.25, -0.2) is 0 Å². The predicted octanol–water partition coefficient (Wildman–Crippen LogP) is -0.521. The maximum atomic E-state index is 9.92. The Morgan fingerprint density at radius 3 is 1.71 bits per heavy atom. The molecule has 38 valence electrons. The summed E-state index contributed by atoms with van der Waals surface area (Å²) in [6.07, 6.45) is 0. The van der Waals surface area contributed by atoms with Crippen molar-refractivity contribution in [2.75, 3.05) is 0 Å². The van der Waals surface area contributed by atoms with Crippen molar-refractivity contribution < 1.29 is 4.79 Å². The van der Waals surface area contributed by atoms with Crippen molar-refractivity contribution in [2.45, 2.75) is 13.8 Å². The zero-order valence-electron chi connectivity index (χ0n) is 4.06. The Bertz CT molecular complexity index is 62.7. The van der Waals surface area contributed by atoms with Gasteiger partial charge in [0.2, 0.25) is 5.91 Å². The summed E-state index contributed by atoms with van der Waals surface area (Å²) in [5, 5.41) is 0. The molecule has 0 aromatic heterocycles. The summed E-state index contributed by atoms with van der Waals surface area (Å²) < 4.78 is 0. The van der Waals surface area contributed by atoms with Gasteiger partial charge in [0.1, 0.15) is 0 Å². The first kappa shape index (κ1) is 10.5. The van der Waals surface area contributed by atoms with Crippen molar-refractivity contribution >= 4 is 35.5 Å². The molecule has 0 aliphatic rings. The van der Waals surface area contributed by atoms with Crippen LogP contribution in [-0.4, -0.2) is 35.5 Å². The third kappa shape index (κ3) is 6.47. The number of carbonyl (C=O) groups excluding carboxylic acids is 1. The van der Waals surface area contributed by atoms with Gasteiger partial charge in [-0.15, -0.1) is 0 Å². The van der Waals surface area contributed by atoms with Gasteiger partial charge >= 0.3 is 29.6 Å². The third-order valence-electron chi connectivity index (χ3n) is 0.569. The fourth-order valence-electron chi connectivity index (χ4n) is 0. The molecular formula is C4H10NNaO. The van der Waals surface area contributed by atoms with Gasteiger partial charge in [-0.3, -0.25) is 4.79 Å². The zero-order valence-corrected chi connectivity index (χ0v) is 4.06. The van der Waals surface area contributed by atoms with Gasteiger partial charge < -0.3 is 5.73 Å². The van der Waals surface area contributed by atoms with E-state index >= 15 is 0 Å². The van der Waals surface area contributed by atoms with Crippen LogP contribution in [0, 0.1) is 5.92 Å². The van der Waals surface area contributed by atoms with E-state index in [0.717, 1.165) is 0 Å². The minimum atomic E-state index is -0.241. The fourth-order valence-corrected chi connectivity index (χ4v) is 0. The summed E-state index contributed by atoms with van der Waals surface area (Å²) in [7, 11) is 0. The molecule has 3 heteroatoms. The first-order chi connectivity index (χ1) is 2.64. The van der Waals surface area contributed by atoms with Crippen LogP contribution in [0.2, 0.25) is 0 Å². The molecule has 0 aromatic carbocycles. The summed E-state index contributed by atoms with van der Waals surface area (Å²) in [6, 6.07) is 0. The summed E-state index contributed by atoms with van der Waals surface area (Å²) in [6.45, 7) is 3.53. The van der Waals surface area contributed by atoms with E-state index in [0.29, 0.717) is 0 Å². The Morgan fingerprint density at radius 2 is 1.71 bits per heavy atom. The van der Waals surface area contributed by atoms with Crippen LogP contribution in [0.1, 0.15) is 13.8 Å². The number of nitrogens with two attached hydrogens (primary N) is 1. The van der Waals surface area contributed by atoms with Crippen molar-refractivity contribution in [2.24, 2.45) is 11.7 Å². The molecule has 2 N–H and O–H groups in total.